The van der Waals surface area contributed by atoms with Crippen LogP contribution in [0.5, 0.6) is 0 Å². The van der Waals surface area contributed by atoms with Gasteiger partial charge in [-0.15, -0.1) is 0 Å². The van der Waals surface area contributed by atoms with E-state index >= 15 is 0 Å². The van der Waals surface area contributed by atoms with Crippen molar-refractivity contribution >= 4 is 39.9 Å². The second-order valence-corrected chi connectivity index (χ2v) is 11.9. The first-order valence-electron chi connectivity index (χ1n) is 13.9. The monoisotopic (exact) mass is 546 g/mol. The Bertz CT molecular complexity index is 1400. The normalized spacial score (nSPS) is 23.8. The number of benzene rings is 2. The molecular formula is C31H35ClN4O3. The number of fused-ring (bicyclic) bond motifs is 3. The molecule has 2 saturated heterocycles. The average Bonchev–Trinajstić information content (AvgIpc) is 3.22. The molecule has 3 aliphatic heterocycles. The van der Waals surface area contributed by atoms with Crippen LogP contribution in [-0.2, 0) is 14.9 Å². The van der Waals surface area contributed by atoms with Crippen molar-refractivity contribution in [3.05, 3.63) is 71.0 Å². The number of pyridine rings is 1. The fourth-order valence-corrected chi connectivity index (χ4v) is 6.81. The predicted molar refractivity (Wildman–Crippen MR) is 153 cm³/mol. The topological polar surface area (TPSA) is 74.8 Å². The van der Waals surface area contributed by atoms with E-state index in [1.807, 2.05) is 46.3 Å². The second kappa shape index (κ2) is 10.5. The van der Waals surface area contributed by atoms with Crippen molar-refractivity contribution in [2.45, 2.75) is 38.1 Å². The molecule has 0 bridgehead atoms. The lowest BCUT2D eigenvalue weighted by Crippen LogP contribution is -2.58. The van der Waals surface area contributed by atoms with Gasteiger partial charge in [-0.1, -0.05) is 49.7 Å². The summed E-state index contributed by atoms with van der Waals surface area (Å²) in [6, 6.07) is 13.7. The number of amides is 2. The minimum absolute atomic E-state index is 0.00389. The summed E-state index contributed by atoms with van der Waals surface area (Å²) >= 11 is 6.54. The van der Waals surface area contributed by atoms with Crippen molar-refractivity contribution < 1.29 is 14.3 Å². The lowest BCUT2D eigenvalue weighted by molar-refractivity contribution is -0.123. The van der Waals surface area contributed by atoms with Gasteiger partial charge in [-0.05, 0) is 42.5 Å². The Labute approximate surface area is 234 Å². The quantitative estimate of drug-likeness (QED) is 0.486. The van der Waals surface area contributed by atoms with Crippen LogP contribution in [-0.4, -0.2) is 67.1 Å². The lowest BCUT2D eigenvalue weighted by Gasteiger charge is -2.44. The smallest absolute Gasteiger partial charge is 0.254 e. The Morgan fingerprint density at radius 2 is 1.92 bits per heavy atom. The number of aromatic nitrogens is 1. The van der Waals surface area contributed by atoms with Crippen LogP contribution in [0.1, 0.15) is 42.6 Å². The van der Waals surface area contributed by atoms with Crippen LogP contribution < -0.4 is 10.2 Å². The van der Waals surface area contributed by atoms with Gasteiger partial charge in [-0.2, -0.15) is 0 Å². The molecule has 3 aromatic rings. The number of hydrogen-bond acceptors (Lipinski definition) is 5. The fraction of sp³-hybridized carbons (Fsp3) is 0.452. The van der Waals surface area contributed by atoms with E-state index in [1.54, 1.807) is 18.3 Å². The SMILES string of the molecule is CC(C)NC[C@H]1CN(c2cncc3ccccc23)C(=O)[C@@]12CN(CC1CCOCC1)C(=O)c1ccc(Cl)cc12. The van der Waals surface area contributed by atoms with E-state index in [4.69, 9.17) is 16.3 Å². The van der Waals surface area contributed by atoms with Crippen molar-refractivity contribution in [1.82, 2.24) is 15.2 Å². The first kappa shape index (κ1) is 26.2. The van der Waals surface area contributed by atoms with Gasteiger partial charge in [-0.25, -0.2) is 0 Å². The molecule has 2 amide bonds. The van der Waals surface area contributed by atoms with Gasteiger partial charge in [0.05, 0.1) is 17.3 Å². The van der Waals surface area contributed by atoms with Crippen molar-refractivity contribution in [3.63, 3.8) is 0 Å². The van der Waals surface area contributed by atoms with Crippen LogP contribution in [0.25, 0.3) is 10.8 Å². The van der Waals surface area contributed by atoms with Crippen LogP contribution in [0.15, 0.2) is 54.9 Å². The van der Waals surface area contributed by atoms with Gasteiger partial charge in [0.15, 0.2) is 0 Å². The molecule has 0 aliphatic carbocycles. The molecule has 204 valence electrons. The fourth-order valence-electron chi connectivity index (χ4n) is 6.64. The van der Waals surface area contributed by atoms with E-state index in [2.05, 4.69) is 24.1 Å². The molecule has 0 saturated carbocycles. The number of nitrogens with zero attached hydrogens (tertiary/aromatic N) is 3. The molecule has 1 aromatic heterocycles. The Kier molecular flexibility index (Phi) is 7.08. The molecule has 2 fully saturated rings. The van der Waals surface area contributed by atoms with Gasteiger partial charge < -0.3 is 19.9 Å². The summed E-state index contributed by atoms with van der Waals surface area (Å²) in [5.41, 5.74) is 1.22. The number of carbonyl (C=O) groups excluding carboxylic acids is 2. The number of halogens is 1. The van der Waals surface area contributed by atoms with E-state index in [9.17, 15) is 9.59 Å². The maximum Gasteiger partial charge on any atom is 0.254 e. The number of nitrogens with one attached hydrogen (secondary N) is 1. The summed E-state index contributed by atoms with van der Waals surface area (Å²) in [5, 5.41) is 6.11. The van der Waals surface area contributed by atoms with Crippen molar-refractivity contribution in [2.75, 3.05) is 44.3 Å². The van der Waals surface area contributed by atoms with E-state index in [-0.39, 0.29) is 23.8 Å². The molecule has 1 N–H and O–H groups in total. The number of anilines is 1. The molecular weight excluding hydrogens is 512 g/mol. The van der Waals surface area contributed by atoms with Gasteiger partial charge in [0.25, 0.3) is 5.91 Å². The van der Waals surface area contributed by atoms with Gasteiger partial charge >= 0.3 is 0 Å². The largest absolute Gasteiger partial charge is 0.381 e. The first-order valence-corrected chi connectivity index (χ1v) is 14.3. The van der Waals surface area contributed by atoms with Crippen LogP contribution in [0.2, 0.25) is 5.02 Å². The van der Waals surface area contributed by atoms with Gasteiger partial charge in [-0.3, -0.25) is 14.6 Å². The highest BCUT2D eigenvalue weighted by Gasteiger charge is 2.59. The summed E-state index contributed by atoms with van der Waals surface area (Å²) in [7, 11) is 0. The third kappa shape index (κ3) is 4.60. The molecule has 2 atom stereocenters. The molecule has 0 radical (unpaired) electrons. The molecule has 8 heteroatoms. The van der Waals surface area contributed by atoms with E-state index in [0.29, 0.717) is 55.9 Å². The molecule has 0 unspecified atom stereocenters. The Balaban J connectivity index is 1.48. The van der Waals surface area contributed by atoms with Gasteiger partial charge in [0, 0.05) is 78.9 Å². The zero-order valence-corrected chi connectivity index (χ0v) is 23.3. The van der Waals surface area contributed by atoms with Crippen molar-refractivity contribution in [1.29, 1.82) is 0 Å². The van der Waals surface area contributed by atoms with E-state index in [0.717, 1.165) is 34.9 Å². The lowest BCUT2D eigenvalue weighted by atomic mass is 9.67. The third-order valence-corrected chi connectivity index (χ3v) is 8.91. The van der Waals surface area contributed by atoms with E-state index in [1.165, 1.54) is 0 Å². The van der Waals surface area contributed by atoms with Crippen LogP contribution >= 0.6 is 11.6 Å². The van der Waals surface area contributed by atoms with Crippen LogP contribution in [0, 0.1) is 11.8 Å². The van der Waals surface area contributed by atoms with Crippen LogP contribution in [0.3, 0.4) is 0 Å². The number of ether oxygens (including phenoxy) is 1. The highest BCUT2D eigenvalue weighted by molar-refractivity contribution is 6.31. The maximum atomic E-state index is 14.9. The number of rotatable bonds is 6. The third-order valence-electron chi connectivity index (χ3n) is 8.68. The van der Waals surface area contributed by atoms with Crippen molar-refractivity contribution in [3.8, 4) is 0 Å². The second-order valence-electron chi connectivity index (χ2n) is 11.5. The average molecular weight is 547 g/mol. The standard InChI is InChI=1S/C31H35ClN4O3/c1-20(2)34-15-23-18-36(28-16-33-14-22-5-3-4-6-25(22)28)30(38)31(23)19-35(17-21-9-11-39-12-10-21)29(37)26-8-7-24(32)13-27(26)31/h3-8,13-14,16,20-21,23,34H,9-12,15,17-19H2,1-2H3/t23-,31-/m0/s1. The van der Waals surface area contributed by atoms with Crippen molar-refractivity contribution in [2.24, 2.45) is 11.8 Å². The summed E-state index contributed by atoms with van der Waals surface area (Å²) in [6.07, 6.45) is 5.46. The molecule has 3 aliphatic rings. The summed E-state index contributed by atoms with van der Waals surface area (Å²) in [5.74, 6) is 0.265. The molecule has 1 spiro atoms. The highest BCUT2D eigenvalue weighted by atomic mass is 35.5. The zero-order valence-electron chi connectivity index (χ0n) is 22.5. The van der Waals surface area contributed by atoms with Crippen LogP contribution in [0.4, 0.5) is 5.69 Å². The highest BCUT2D eigenvalue weighted by Crippen LogP contribution is 2.48. The molecule has 6 rings (SSSR count). The van der Waals surface area contributed by atoms with Gasteiger partial charge in [0.1, 0.15) is 0 Å². The minimum atomic E-state index is -0.919. The van der Waals surface area contributed by atoms with Gasteiger partial charge in [0.2, 0.25) is 5.91 Å². The molecule has 39 heavy (non-hydrogen) atoms. The zero-order chi connectivity index (χ0) is 27.1. The first-order chi connectivity index (χ1) is 18.9. The maximum absolute atomic E-state index is 14.9. The Morgan fingerprint density at radius 3 is 2.72 bits per heavy atom. The molecule has 4 heterocycles. The van der Waals surface area contributed by atoms with E-state index < -0.39 is 5.41 Å². The molecule has 7 nitrogen and oxygen atoms in total. The minimum Gasteiger partial charge on any atom is -0.381 e. The molecule has 2 aromatic carbocycles. The summed E-state index contributed by atoms with van der Waals surface area (Å²) in [6.45, 7) is 7.79. The number of carbonyl (C=O) groups is 2. The summed E-state index contributed by atoms with van der Waals surface area (Å²) in [4.78, 5) is 37.0. The predicted octanol–water partition coefficient (Wildman–Crippen LogP) is 4.67. The summed E-state index contributed by atoms with van der Waals surface area (Å²) < 4.78 is 5.57. The Hall–Kier alpha value is -3.00. The Morgan fingerprint density at radius 1 is 1.13 bits per heavy atom. The number of hydrogen-bond donors (Lipinski definition) is 1.